The van der Waals surface area contributed by atoms with Gasteiger partial charge in [-0.15, -0.1) is 0 Å². The van der Waals surface area contributed by atoms with Crippen LogP contribution in [0.3, 0.4) is 0 Å². The molecule has 2 aliphatic heterocycles. The van der Waals surface area contributed by atoms with Gasteiger partial charge in [-0.2, -0.15) is 5.10 Å². The van der Waals surface area contributed by atoms with Gasteiger partial charge in [0.05, 0.1) is 11.8 Å². The molecule has 0 aliphatic carbocycles. The van der Waals surface area contributed by atoms with Crippen LogP contribution in [0.2, 0.25) is 10.0 Å². The van der Waals surface area contributed by atoms with Gasteiger partial charge in [-0.05, 0) is 35.9 Å². The summed E-state index contributed by atoms with van der Waals surface area (Å²) in [5, 5.41) is 8.35. The molecule has 0 bridgehead atoms. The number of fused-ring (bicyclic) bond motifs is 3. The molecule has 3 aromatic rings. The van der Waals surface area contributed by atoms with Crippen LogP contribution >= 0.6 is 23.2 Å². The molecule has 0 N–H and O–H groups in total. The van der Waals surface area contributed by atoms with Gasteiger partial charge in [0, 0.05) is 27.6 Å². The van der Waals surface area contributed by atoms with E-state index >= 15 is 0 Å². The maximum absolute atomic E-state index is 6.33. The highest BCUT2D eigenvalue weighted by molar-refractivity contribution is 6.31. The van der Waals surface area contributed by atoms with Crippen molar-refractivity contribution in [3.63, 3.8) is 0 Å². The Morgan fingerprint density at radius 3 is 2.52 bits per heavy atom. The second kappa shape index (κ2) is 6.59. The molecule has 0 saturated carbocycles. The number of rotatable bonds is 2. The smallest absolute Gasteiger partial charge is 0.213 e. The Balaban J connectivity index is 1.62. The molecule has 2 atom stereocenters. The first-order valence-electron chi connectivity index (χ1n) is 8.82. The Morgan fingerprint density at radius 1 is 0.889 bits per heavy atom. The van der Waals surface area contributed by atoms with Crippen molar-refractivity contribution in [1.82, 2.24) is 5.01 Å². The number of ether oxygens (including phenoxy) is 1. The van der Waals surface area contributed by atoms with Crippen molar-refractivity contribution in [1.29, 1.82) is 0 Å². The van der Waals surface area contributed by atoms with E-state index in [-0.39, 0.29) is 12.3 Å². The van der Waals surface area contributed by atoms with Crippen LogP contribution in [0.4, 0.5) is 0 Å². The van der Waals surface area contributed by atoms with Gasteiger partial charge >= 0.3 is 0 Å². The maximum Gasteiger partial charge on any atom is 0.213 e. The van der Waals surface area contributed by atoms with Crippen molar-refractivity contribution >= 4 is 28.9 Å². The minimum atomic E-state index is -0.330. The Labute approximate surface area is 167 Å². The Bertz CT molecular complexity index is 1040. The van der Waals surface area contributed by atoms with Gasteiger partial charge in [0.15, 0.2) is 0 Å². The van der Waals surface area contributed by atoms with Crippen LogP contribution < -0.4 is 4.74 Å². The van der Waals surface area contributed by atoms with E-state index in [0.717, 1.165) is 34.6 Å². The summed E-state index contributed by atoms with van der Waals surface area (Å²) in [6.45, 7) is 0. The second-order valence-electron chi connectivity index (χ2n) is 6.72. The molecule has 0 radical (unpaired) electrons. The lowest BCUT2D eigenvalue weighted by atomic mass is 9.96. The zero-order valence-electron chi connectivity index (χ0n) is 14.3. The average molecular weight is 395 g/mol. The largest absolute Gasteiger partial charge is 0.464 e. The molecule has 3 nitrogen and oxygen atoms in total. The van der Waals surface area contributed by atoms with Crippen LogP contribution in [0, 0.1) is 0 Å². The van der Waals surface area contributed by atoms with E-state index in [9.17, 15) is 0 Å². The molecule has 0 amide bonds. The highest BCUT2D eigenvalue weighted by Crippen LogP contribution is 2.48. The van der Waals surface area contributed by atoms with Crippen molar-refractivity contribution in [3.05, 3.63) is 99.5 Å². The monoisotopic (exact) mass is 394 g/mol. The van der Waals surface area contributed by atoms with E-state index in [1.807, 2.05) is 65.7 Å². The Morgan fingerprint density at radius 2 is 1.70 bits per heavy atom. The van der Waals surface area contributed by atoms with Crippen LogP contribution in [0.5, 0.6) is 5.75 Å². The third kappa shape index (κ3) is 2.97. The van der Waals surface area contributed by atoms with E-state index in [0.29, 0.717) is 10.0 Å². The lowest BCUT2D eigenvalue weighted by Crippen LogP contribution is -2.33. The quantitative estimate of drug-likeness (QED) is 0.513. The molecule has 2 heterocycles. The lowest BCUT2D eigenvalue weighted by molar-refractivity contribution is -0.0190. The topological polar surface area (TPSA) is 24.8 Å². The molecular weight excluding hydrogens is 379 g/mol. The van der Waals surface area contributed by atoms with Crippen molar-refractivity contribution in [2.75, 3.05) is 0 Å². The van der Waals surface area contributed by atoms with Crippen LogP contribution in [-0.2, 0) is 0 Å². The highest BCUT2D eigenvalue weighted by atomic mass is 35.5. The third-order valence-corrected chi connectivity index (χ3v) is 5.46. The number of hydrogen-bond donors (Lipinski definition) is 0. The molecule has 134 valence electrons. The molecule has 0 aromatic heterocycles. The van der Waals surface area contributed by atoms with E-state index in [1.165, 1.54) is 0 Å². The molecule has 0 saturated heterocycles. The number of benzene rings is 3. The molecule has 3 aromatic carbocycles. The van der Waals surface area contributed by atoms with Crippen molar-refractivity contribution in [2.24, 2.45) is 5.10 Å². The van der Waals surface area contributed by atoms with E-state index < -0.39 is 0 Å². The molecule has 0 spiro atoms. The summed E-state index contributed by atoms with van der Waals surface area (Å²) in [4.78, 5) is 0. The summed E-state index contributed by atoms with van der Waals surface area (Å²) in [5.74, 6) is 0.843. The van der Waals surface area contributed by atoms with Gasteiger partial charge in [0.1, 0.15) is 5.75 Å². The third-order valence-electron chi connectivity index (χ3n) is 4.99. The predicted octanol–water partition coefficient (Wildman–Crippen LogP) is 6.24. The molecule has 27 heavy (non-hydrogen) atoms. The Hall–Kier alpha value is -2.49. The van der Waals surface area contributed by atoms with E-state index in [1.54, 1.807) is 0 Å². The number of nitrogens with zero attached hydrogens (tertiary/aromatic N) is 2. The summed E-state index contributed by atoms with van der Waals surface area (Å²) in [6.07, 6.45) is 0.473. The summed E-state index contributed by atoms with van der Waals surface area (Å²) in [6, 6.07) is 23.9. The number of hydrogen-bond acceptors (Lipinski definition) is 3. The van der Waals surface area contributed by atoms with Gasteiger partial charge < -0.3 is 4.74 Å². The highest BCUT2D eigenvalue weighted by Gasteiger charge is 2.41. The molecule has 2 aliphatic rings. The van der Waals surface area contributed by atoms with Crippen molar-refractivity contribution in [3.8, 4) is 5.75 Å². The van der Waals surface area contributed by atoms with Crippen LogP contribution in [0.25, 0.3) is 0 Å². The fraction of sp³-hybridized carbons (Fsp3) is 0.136. The number of hydrazone groups is 1. The molecule has 0 fully saturated rings. The summed E-state index contributed by atoms with van der Waals surface area (Å²) in [5.41, 5.74) is 4.21. The lowest BCUT2D eigenvalue weighted by Gasteiger charge is -2.38. The maximum atomic E-state index is 6.33. The molecule has 0 unspecified atom stereocenters. The standard InChI is InChI=1S/C22H16Cl2N2O/c23-16-8-4-7-15(11-16)22-26-20(18-12-17(24)9-10-21(18)27-22)13-19(25-26)14-5-2-1-3-6-14/h1-12,20,22H,13H2/t20-,22-/m0/s1. The molecular formula is C22H16Cl2N2O. The SMILES string of the molecule is Clc1cccc([C@@H]2Oc3ccc(Cl)cc3[C@@H]3CC(c4ccccc4)=NN32)c1. The Kier molecular flexibility index (Phi) is 4.07. The molecule has 5 heteroatoms. The fourth-order valence-corrected chi connectivity index (χ4v) is 4.12. The van der Waals surface area contributed by atoms with Gasteiger partial charge in [-0.25, -0.2) is 5.01 Å². The molecule has 5 rings (SSSR count). The van der Waals surface area contributed by atoms with E-state index in [2.05, 4.69) is 12.1 Å². The average Bonchev–Trinajstić information content (AvgIpc) is 3.14. The minimum Gasteiger partial charge on any atom is -0.464 e. The first kappa shape index (κ1) is 16.7. The van der Waals surface area contributed by atoms with Crippen molar-refractivity contribution < 1.29 is 4.74 Å². The van der Waals surface area contributed by atoms with Crippen LogP contribution in [0.15, 0.2) is 77.9 Å². The van der Waals surface area contributed by atoms with Crippen molar-refractivity contribution in [2.45, 2.75) is 18.7 Å². The first-order chi connectivity index (χ1) is 13.2. The van der Waals surface area contributed by atoms with E-state index in [4.69, 9.17) is 33.0 Å². The van der Waals surface area contributed by atoms with Crippen LogP contribution in [0.1, 0.15) is 35.4 Å². The van der Waals surface area contributed by atoms with Gasteiger partial charge in [-0.3, -0.25) is 0 Å². The summed E-state index contributed by atoms with van der Waals surface area (Å²) >= 11 is 12.5. The normalized spacial score (nSPS) is 20.5. The zero-order valence-corrected chi connectivity index (χ0v) is 15.9. The van der Waals surface area contributed by atoms with Crippen LogP contribution in [-0.4, -0.2) is 10.7 Å². The van der Waals surface area contributed by atoms with Gasteiger partial charge in [-0.1, -0.05) is 65.7 Å². The number of halogens is 2. The minimum absolute atomic E-state index is 0.0756. The zero-order chi connectivity index (χ0) is 18.4. The summed E-state index contributed by atoms with van der Waals surface area (Å²) < 4.78 is 6.33. The summed E-state index contributed by atoms with van der Waals surface area (Å²) in [7, 11) is 0. The second-order valence-corrected chi connectivity index (χ2v) is 7.59. The van der Waals surface area contributed by atoms with Gasteiger partial charge in [0.2, 0.25) is 6.23 Å². The predicted molar refractivity (Wildman–Crippen MR) is 108 cm³/mol. The first-order valence-corrected chi connectivity index (χ1v) is 9.57. The fourth-order valence-electron chi connectivity index (χ4n) is 3.74. The van der Waals surface area contributed by atoms with Gasteiger partial charge in [0.25, 0.3) is 0 Å².